The minimum atomic E-state index is 0.739. The Morgan fingerprint density at radius 2 is 1.83 bits per heavy atom. The third-order valence-corrected chi connectivity index (χ3v) is 3.43. The van der Waals surface area contributed by atoms with Crippen LogP contribution in [0.4, 0.5) is 0 Å². The van der Waals surface area contributed by atoms with Crippen LogP contribution >= 0.6 is 11.8 Å². The van der Waals surface area contributed by atoms with Gasteiger partial charge in [0.15, 0.2) is 5.16 Å². The van der Waals surface area contributed by atoms with Gasteiger partial charge in [0.05, 0.1) is 0 Å². The largest absolute Gasteiger partial charge is 0.316 e. The normalized spacial score (nSPS) is 11.2. The quantitative estimate of drug-likeness (QED) is 0.446. The van der Waals surface area contributed by atoms with Gasteiger partial charge in [-0.25, -0.2) is 9.97 Å². The molecule has 1 aromatic rings. The van der Waals surface area contributed by atoms with Crippen LogP contribution in [0.15, 0.2) is 11.2 Å². The van der Waals surface area contributed by atoms with Crippen molar-refractivity contribution in [3.05, 3.63) is 17.5 Å². The molecule has 0 fully saturated rings. The Morgan fingerprint density at radius 1 is 1.17 bits per heavy atom. The first-order valence-corrected chi connectivity index (χ1v) is 7.72. The molecule has 1 N–H and O–H groups in total. The number of unbranched alkanes of at least 4 members (excludes halogenated alkanes) is 1. The van der Waals surface area contributed by atoms with Gasteiger partial charge in [-0.2, -0.15) is 0 Å². The third-order valence-electron chi connectivity index (χ3n) is 2.49. The Bertz CT molecular complexity index is 333. The van der Waals surface area contributed by atoms with E-state index in [4.69, 9.17) is 0 Å². The fraction of sp³-hybridized carbons (Fsp3) is 0.714. The molecule has 0 radical (unpaired) electrons. The fourth-order valence-electron chi connectivity index (χ4n) is 1.66. The molecule has 0 aliphatic carbocycles. The van der Waals surface area contributed by atoms with E-state index < -0.39 is 0 Å². The Morgan fingerprint density at radius 3 is 2.44 bits per heavy atom. The predicted octanol–water partition coefficient (Wildman–Crippen LogP) is 3.21. The Kier molecular flexibility index (Phi) is 7.28. The number of hydrogen-bond acceptors (Lipinski definition) is 4. The van der Waals surface area contributed by atoms with Crippen molar-refractivity contribution in [3.8, 4) is 0 Å². The van der Waals surface area contributed by atoms with Crippen LogP contribution in [0, 0.1) is 19.8 Å². The van der Waals surface area contributed by atoms with Crippen LogP contribution in [0.5, 0.6) is 0 Å². The smallest absolute Gasteiger partial charge is 0.187 e. The Labute approximate surface area is 115 Å². The molecule has 0 aromatic carbocycles. The van der Waals surface area contributed by atoms with Crippen LogP contribution in [0.3, 0.4) is 0 Å². The highest BCUT2D eigenvalue weighted by Gasteiger charge is 2.00. The van der Waals surface area contributed by atoms with Crippen LogP contribution in [0.25, 0.3) is 0 Å². The topological polar surface area (TPSA) is 37.8 Å². The van der Waals surface area contributed by atoms with Crippen LogP contribution in [0.1, 0.15) is 38.1 Å². The van der Waals surface area contributed by atoms with Crippen LogP contribution in [-0.4, -0.2) is 28.8 Å². The molecule has 0 saturated heterocycles. The lowest BCUT2D eigenvalue weighted by molar-refractivity contribution is 0.541. The lowest BCUT2D eigenvalue weighted by Gasteiger charge is -2.07. The summed E-state index contributed by atoms with van der Waals surface area (Å²) in [6.45, 7) is 10.8. The maximum absolute atomic E-state index is 4.43. The van der Waals surface area contributed by atoms with Gasteiger partial charge in [0, 0.05) is 17.1 Å². The molecule has 18 heavy (non-hydrogen) atoms. The molecule has 1 aromatic heterocycles. The molecule has 0 saturated carbocycles. The van der Waals surface area contributed by atoms with Gasteiger partial charge < -0.3 is 5.32 Å². The van der Waals surface area contributed by atoms with E-state index in [1.807, 2.05) is 19.9 Å². The van der Waals surface area contributed by atoms with E-state index in [1.54, 1.807) is 11.8 Å². The fourth-order valence-corrected chi connectivity index (χ4v) is 2.61. The van der Waals surface area contributed by atoms with Gasteiger partial charge in [0.2, 0.25) is 0 Å². The summed E-state index contributed by atoms with van der Waals surface area (Å²) in [5, 5.41) is 4.38. The van der Waals surface area contributed by atoms with Crippen molar-refractivity contribution in [1.82, 2.24) is 15.3 Å². The summed E-state index contributed by atoms with van der Waals surface area (Å²) in [6.07, 6.45) is 2.44. The van der Waals surface area contributed by atoms with Crippen molar-refractivity contribution in [2.75, 3.05) is 18.8 Å². The summed E-state index contributed by atoms with van der Waals surface area (Å²) < 4.78 is 0. The Balaban J connectivity index is 2.10. The second-order valence-corrected chi connectivity index (χ2v) is 6.15. The highest BCUT2D eigenvalue weighted by atomic mass is 32.2. The minimum Gasteiger partial charge on any atom is -0.316 e. The summed E-state index contributed by atoms with van der Waals surface area (Å²) in [6, 6.07) is 2.01. The van der Waals surface area contributed by atoms with Gasteiger partial charge in [-0.1, -0.05) is 25.6 Å². The molecule has 3 nitrogen and oxygen atoms in total. The van der Waals surface area contributed by atoms with Gasteiger partial charge in [-0.3, -0.25) is 0 Å². The summed E-state index contributed by atoms with van der Waals surface area (Å²) >= 11 is 1.76. The van der Waals surface area contributed by atoms with Gasteiger partial charge in [0.1, 0.15) is 0 Å². The standard InChI is InChI=1S/C14H25N3S/c1-11(2)10-15-7-5-6-8-18-14-16-12(3)9-13(4)17-14/h9,11,15H,5-8,10H2,1-4H3. The Hall–Kier alpha value is -0.610. The molecule has 0 spiro atoms. The van der Waals surface area contributed by atoms with E-state index >= 15 is 0 Å². The number of nitrogens with one attached hydrogen (secondary N) is 1. The highest BCUT2D eigenvalue weighted by molar-refractivity contribution is 7.99. The number of thioether (sulfide) groups is 1. The number of aromatic nitrogens is 2. The van der Waals surface area contributed by atoms with Crippen molar-refractivity contribution in [1.29, 1.82) is 0 Å². The summed E-state index contributed by atoms with van der Waals surface area (Å²) in [7, 11) is 0. The zero-order valence-electron chi connectivity index (χ0n) is 12.0. The number of aryl methyl sites for hydroxylation is 2. The average Bonchev–Trinajstić information content (AvgIpc) is 2.26. The van der Waals surface area contributed by atoms with Gasteiger partial charge in [-0.15, -0.1) is 0 Å². The van der Waals surface area contributed by atoms with Crippen LogP contribution in [-0.2, 0) is 0 Å². The van der Waals surface area contributed by atoms with Crippen molar-refractivity contribution in [2.24, 2.45) is 5.92 Å². The lowest BCUT2D eigenvalue weighted by atomic mass is 10.2. The maximum atomic E-state index is 4.43. The van der Waals surface area contributed by atoms with Crippen LogP contribution in [0.2, 0.25) is 0 Å². The molecule has 4 heteroatoms. The van der Waals surface area contributed by atoms with Crippen molar-refractivity contribution < 1.29 is 0 Å². The van der Waals surface area contributed by atoms with Crippen molar-refractivity contribution in [2.45, 2.75) is 45.7 Å². The summed E-state index contributed by atoms with van der Waals surface area (Å²) in [5.41, 5.74) is 2.12. The first-order chi connectivity index (χ1) is 8.58. The molecule has 0 amide bonds. The zero-order valence-corrected chi connectivity index (χ0v) is 12.8. The monoisotopic (exact) mass is 267 g/mol. The molecule has 102 valence electrons. The zero-order chi connectivity index (χ0) is 13.4. The minimum absolute atomic E-state index is 0.739. The molecular weight excluding hydrogens is 242 g/mol. The molecule has 0 atom stereocenters. The average molecular weight is 267 g/mol. The molecule has 0 aliphatic rings. The first kappa shape index (κ1) is 15.4. The molecule has 1 rings (SSSR count). The second-order valence-electron chi connectivity index (χ2n) is 5.09. The third kappa shape index (κ3) is 6.97. The number of rotatable bonds is 8. The maximum Gasteiger partial charge on any atom is 0.187 e. The highest BCUT2D eigenvalue weighted by Crippen LogP contribution is 2.15. The summed E-state index contributed by atoms with van der Waals surface area (Å²) in [4.78, 5) is 8.85. The van der Waals surface area contributed by atoms with E-state index in [1.165, 1.54) is 12.8 Å². The first-order valence-electron chi connectivity index (χ1n) is 6.73. The second kappa shape index (κ2) is 8.48. The van der Waals surface area contributed by atoms with E-state index in [-0.39, 0.29) is 0 Å². The molecule has 0 unspecified atom stereocenters. The summed E-state index contributed by atoms with van der Waals surface area (Å²) in [5.74, 6) is 1.84. The van der Waals surface area contributed by atoms with E-state index in [0.29, 0.717) is 0 Å². The molecule has 1 heterocycles. The molecule has 0 aliphatic heterocycles. The van der Waals surface area contributed by atoms with E-state index in [9.17, 15) is 0 Å². The molecular formula is C14H25N3S. The van der Waals surface area contributed by atoms with Gasteiger partial charge in [-0.05, 0) is 51.8 Å². The van der Waals surface area contributed by atoms with Gasteiger partial charge >= 0.3 is 0 Å². The van der Waals surface area contributed by atoms with Gasteiger partial charge in [0.25, 0.3) is 0 Å². The number of nitrogens with zero attached hydrogens (tertiary/aromatic N) is 2. The SMILES string of the molecule is Cc1cc(C)nc(SCCCCNCC(C)C)n1. The lowest BCUT2D eigenvalue weighted by Crippen LogP contribution is -2.20. The van der Waals surface area contributed by atoms with Crippen molar-refractivity contribution in [3.63, 3.8) is 0 Å². The molecule has 0 bridgehead atoms. The number of hydrogen-bond donors (Lipinski definition) is 1. The van der Waals surface area contributed by atoms with E-state index in [0.717, 1.165) is 41.3 Å². The van der Waals surface area contributed by atoms with Crippen molar-refractivity contribution >= 4 is 11.8 Å². The van der Waals surface area contributed by atoms with E-state index in [2.05, 4.69) is 29.1 Å². The predicted molar refractivity (Wildman–Crippen MR) is 79.2 cm³/mol. The van der Waals surface area contributed by atoms with Crippen LogP contribution < -0.4 is 5.32 Å².